The molecule has 0 aromatic heterocycles. The van der Waals surface area contributed by atoms with Crippen LogP contribution in [0.15, 0.2) is 53.6 Å². The molecule has 0 saturated carbocycles. The maximum Gasteiger partial charge on any atom is 0.270 e. The molecule has 0 spiro atoms. The van der Waals surface area contributed by atoms with Gasteiger partial charge in [-0.05, 0) is 5.56 Å². The van der Waals surface area contributed by atoms with Gasteiger partial charge in [-0.3, -0.25) is 25.0 Å². The predicted octanol–water partition coefficient (Wildman–Crippen LogP) is 2.89. The number of rotatable bonds is 8. The highest BCUT2D eigenvalue weighted by molar-refractivity contribution is 7.99. The second kappa shape index (κ2) is 9.28. The smallest absolute Gasteiger partial charge is 0.270 e. The zero-order valence-corrected chi connectivity index (χ0v) is 14.2. The Hall–Kier alpha value is -3.27. The van der Waals surface area contributed by atoms with Crippen LogP contribution in [0.1, 0.15) is 11.1 Å². The van der Waals surface area contributed by atoms with Crippen molar-refractivity contribution in [1.82, 2.24) is 5.43 Å². The molecule has 0 aliphatic rings. The highest BCUT2D eigenvalue weighted by Crippen LogP contribution is 2.16. The van der Waals surface area contributed by atoms with Gasteiger partial charge >= 0.3 is 0 Å². The third-order valence-corrected chi connectivity index (χ3v) is 4.14. The monoisotopic (exact) mass is 374 g/mol. The molecule has 26 heavy (non-hydrogen) atoms. The molecule has 134 valence electrons. The van der Waals surface area contributed by atoms with Gasteiger partial charge in [0.15, 0.2) is 0 Å². The third-order valence-electron chi connectivity index (χ3n) is 3.13. The molecule has 0 fully saturated rings. The Kier molecular flexibility index (Phi) is 6.80. The maximum atomic E-state index is 11.7. The van der Waals surface area contributed by atoms with Crippen LogP contribution >= 0.6 is 11.8 Å². The zero-order chi connectivity index (χ0) is 18.9. The first-order valence-corrected chi connectivity index (χ1v) is 8.48. The number of non-ortho nitro benzene ring substituents is 2. The molecule has 9 nitrogen and oxygen atoms in total. The Labute approximate surface area is 152 Å². The highest BCUT2D eigenvalue weighted by Gasteiger charge is 2.06. The molecular formula is C16H14N4O5S. The summed E-state index contributed by atoms with van der Waals surface area (Å²) in [7, 11) is 0. The Morgan fingerprint density at radius 3 is 2.42 bits per heavy atom. The van der Waals surface area contributed by atoms with E-state index < -0.39 is 9.85 Å². The van der Waals surface area contributed by atoms with Gasteiger partial charge in [0.2, 0.25) is 5.91 Å². The van der Waals surface area contributed by atoms with Crippen LogP contribution in [0.25, 0.3) is 0 Å². The summed E-state index contributed by atoms with van der Waals surface area (Å²) < 4.78 is 0. The number of hydrogen-bond donors (Lipinski definition) is 1. The van der Waals surface area contributed by atoms with Crippen LogP contribution in [0.4, 0.5) is 11.4 Å². The summed E-state index contributed by atoms with van der Waals surface area (Å²) in [5, 5.41) is 25.0. The second-order valence-electron chi connectivity index (χ2n) is 5.06. The first-order valence-electron chi connectivity index (χ1n) is 7.33. The van der Waals surface area contributed by atoms with Crippen molar-refractivity contribution in [3.05, 3.63) is 79.9 Å². The lowest BCUT2D eigenvalue weighted by atomic mass is 10.2. The first kappa shape index (κ1) is 19.1. The molecule has 0 aliphatic heterocycles. The number of carbonyl (C=O) groups excluding carboxylic acids is 1. The fourth-order valence-electron chi connectivity index (χ4n) is 1.91. The topological polar surface area (TPSA) is 128 Å². The van der Waals surface area contributed by atoms with E-state index in [4.69, 9.17) is 0 Å². The summed E-state index contributed by atoms with van der Waals surface area (Å²) in [6.07, 6.45) is 1.33. The number of benzene rings is 2. The van der Waals surface area contributed by atoms with Crippen molar-refractivity contribution in [3.8, 4) is 0 Å². The molecule has 0 heterocycles. The number of nitrogens with one attached hydrogen (secondary N) is 1. The van der Waals surface area contributed by atoms with E-state index in [1.807, 2.05) is 0 Å². The summed E-state index contributed by atoms with van der Waals surface area (Å²) in [5.74, 6) is 0.363. The average molecular weight is 374 g/mol. The minimum Gasteiger partial charge on any atom is -0.272 e. The van der Waals surface area contributed by atoms with Gasteiger partial charge in [-0.25, -0.2) is 5.43 Å². The number of carbonyl (C=O) groups is 1. The average Bonchev–Trinajstić information content (AvgIpc) is 2.62. The standard InChI is InChI=1S/C16H14N4O5S/c21-16(11-26-10-12-4-6-14(7-5-12)19(22)23)18-17-9-13-2-1-3-15(8-13)20(24)25/h1-9H,10-11H2,(H,18,21). The van der Waals surface area contributed by atoms with Crippen LogP contribution in [0.3, 0.4) is 0 Å². The van der Waals surface area contributed by atoms with Crippen molar-refractivity contribution < 1.29 is 14.6 Å². The van der Waals surface area contributed by atoms with Crippen LogP contribution in [0.2, 0.25) is 0 Å². The Balaban J connectivity index is 1.75. The minimum atomic E-state index is -0.509. The van der Waals surface area contributed by atoms with Crippen molar-refractivity contribution in [1.29, 1.82) is 0 Å². The number of thioether (sulfide) groups is 1. The summed E-state index contributed by atoms with van der Waals surface area (Å²) in [6.45, 7) is 0. The molecule has 1 amide bonds. The van der Waals surface area contributed by atoms with E-state index in [-0.39, 0.29) is 23.0 Å². The zero-order valence-electron chi connectivity index (χ0n) is 13.4. The van der Waals surface area contributed by atoms with Gasteiger partial charge in [-0.2, -0.15) is 5.10 Å². The number of amides is 1. The number of hydrogen-bond acceptors (Lipinski definition) is 7. The predicted molar refractivity (Wildman–Crippen MR) is 98.1 cm³/mol. The minimum absolute atomic E-state index is 0.0204. The Morgan fingerprint density at radius 2 is 1.77 bits per heavy atom. The lowest BCUT2D eigenvalue weighted by molar-refractivity contribution is -0.385. The third kappa shape index (κ3) is 5.98. The molecule has 0 aliphatic carbocycles. The summed E-state index contributed by atoms with van der Waals surface area (Å²) in [6, 6.07) is 12.0. The van der Waals surface area contributed by atoms with E-state index in [0.717, 1.165) is 5.56 Å². The molecule has 1 N–H and O–H groups in total. The second-order valence-corrected chi connectivity index (χ2v) is 6.05. The molecule has 0 saturated heterocycles. The van der Waals surface area contributed by atoms with Crippen LogP contribution in [-0.2, 0) is 10.5 Å². The van der Waals surface area contributed by atoms with Gasteiger partial charge in [0.05, 0.1) is 21.8 Å². The highest BCUT2D eigenvalue weighted by atomic mass is 32.2. The van der Waals surface area contributed by atoms with Crippen LogP contribution in [-0.4, -0.2) is 27.7 Å². The van der Waals surface area contributed by atoms with Crippen molar-refractivity contribution in [2.75, 3.05) is 5.75 Å². The van der Waals surface area contributed by atoms with Gasteiger partial charge in [-0.1, -0.05) is 24.3 Å². The van der Waals surface area contributed by atoms with Gasteiger partial charge < -0.3 is 0 Å². The fourth-order valence-corrected chi connectivity index (χ4v) is 2.69. The van der Waals surface area contributed by atoms with E-state index in [2.05, 4.69) is 10.5 Å². The van der Waals surface area contributed by atoms with E-state index in [1.54, 1.807) is 18.2 Å². The largest absolute Gasteiger partial charge is 0.272 e. The fraction of sp³-hybridized carbons (Fsp3) is 0.125. The molecule has 2 aromatic carbocycles. The molecule has 0 bridgehead atoms. The van der Waals surface area contributed by atoms with E-state index in [1.165, 1.54) is 48.3 Å². The van der Waals surface area contributed by atoms with Gasteiger partial charge in [0.1, 0.15) is 0 Å². The number of nitro benzene ring substituents is 2. The van der Waals surface area contributed by atoms with Gasteiger partial charge in [0, 0.05) is 35.6 Å². The quantitative estimate of drug-likeness (QED) is 0.430. The summed E-state index contributed by atoms with van der Waals surface area (Å²) in [4.78, 5) is 32.0. The molecule has 0 atom stereocenters. The normalized spacial score (nSPS) is 10.6. The van der Waals surface area contributed by atoms with Crippen LogP contribution in [0.5, 0.6) is 0 Å². The van der Waals surface area contributed by atoms with E-state index >= 15 is 0 Å². The molecule has 2 aromatic rings. The van der Waals surface area contributed by atoms with Crippen LogP contribution in [0, 0.1) is 20.2 Å². The maximum absolute atomic E-state index is 11.7. The van der Waals surface area contributed by atoms with E-state index in [9.17, 15) is 25.0 Å². The molecule has 2 rings (SSSR count). The molecule has 10 heteroatoms. The SMILES string of the molecule is O=C(CSCc1ccc([N+](=O)[O-])cc1)NN=Cc1cccc([N+](=O)[O-])c1. The number of nitro groups is 2. The lowest BCUT2D eigenvalue weighted by Crippen LogP contribution is -2.19. The van der Waals surface area contributed by atoms with Gasteiger partial charge in [-0.15, -0.1) is 11.8 Å². The molecule has 0 radical (unpaired) electrons. The summed E-state index contributed by atoms with van der Waals surface area (Å²) in [5.41, 5.74) is 3.67. The lowest BCUT2D eigenvalue weighted by Gasteiger charge is -2.01. The Bertz CT molecular complexity index is 839. The first-order chi connectivity index (χ1) is 12.5. The van der Waals surface area contributed by atoms with Gasteiger partial charge in [0.25, 0.3) is 11.4 Å². The van der Waals surface area contributed by atoms with Crippen molar-refractivity contribution >= 4 is 35.3 Å². The number of nitrogens with zero attached hydrogens (tertiary/aromatic N) is 3. The van der Waals surface area contributed by atoms with Crippen molar-refractivity contribution in [2.45, 2.75) is 5.75 Å². The summed E-state index contributed by atoms with van der Waals surface area (Å²) >= 11 is 1.34. The Morgan fingerprint density at radius 1 is 1.08 bits per heavy atom. The molecular weight excluding hydrogens is 360 g/mol. The van der Waals surface area contributed by atoms with E-state index in [0.29, 0.717) is 11.3 Å². The van der Waals surface area contributed by atoms with Crippen molar-refractivity contribution in [2.24, 2.45) is 5.10 Å². The van der Waals surface area contributed by atoms with Crippen molar-refractivity contribution in [3.63, 3.8) is 0 Å². The van der Waals surface area contributed by atoms with Crippen LogP contribution < -0.4 is 5.43 Å². The number of hydrazone groups is 1. The molecule has 0 unspecified atom stereocenters.